The van der Waals surface area contributed by atoms with Crippen LogP contribution in [0.25, 0.3) is 11.4 Å². The number of nitrogens with zero attached hydrogens (tertiary/aromatic N) is 4. The fourth-order valence-corrected chi connectivity index (χ4v) is 5.65. The molecule has 1 aliphatic carbocycles. The molecule has 7 heteroatoms. The normalized spacial score (nSPS) is 19.5. The number of piperidine rings is 1. The van der Waals surface area contributed by atoms with Gasteiger partial charge in [-0.1, -0.05) is 38.4 Å². The number of nitrogens with one attached hydrogen (secondary N) is 1. The van der Waals surface area contributed by atoms with Crippen LogP contribution in [0.1, 0.15) is 81.8 Å². The van der Waals surface area contributed by atoms with Crippen LogP contribution in [0.3, 0.4) is 0 Å². The van der Waals surface area contributed by atoms with E-state index in [-0.39, 0.29) is 11.9 Å². The zero-order valence-electron chi connectivity index (χ0n) is 21.5. The number of rotatable bonds is 5. The van der Waals surface area contributed by atoms with Gasteiger partial charge in [-0.2, -0.15) is 5.10 Å². The van der Waals surface area contributed by atoms with E-state index < -0.39 is 0 Å². The summed E-state index contributed by atoms with van der Waals surface area (Å²) in [5.74, 6) is -0.144. The predicted octanol–water partition coefficient (Wildman–Crippen LogP) is 5.63. The summed E-state index contributed by atoms with van der Waals surface area (Å²) in [5, 5.41) is 8.12. The van der Waals surface area contributed by atoms with E-state index in [4.69, 9.17) is 11.6 Å². The van der Waals surface area contributed by atoms with Crippen LogP contribution in [0, 0.1) is 17.8 Å². The van der Waals surface area contributed by atoms with E-state index in [1.165, 1.54) is 51.7 Å². The number of carbonyl (C=O) groups excluding carboxylic acids is 1. The molecule has 186 valence electrons. The number of hydrogen-bond donors (Lipinski definition) is 1. The number of likely N-dealkylation sites (tertiary alicyclic amines) is 1. The summed E-state index contributed by atoms with van der Waals surface area (Å²) < 4.78 is 1.55. The van der Waals surface area contributed by atoms with Gasteiger partial charge in [0.15, 0.2) is 0 Å². The Morgan fingerprint density at radius 3 is 2.47 bits per heavy atom. The number of aryl methyl sites for hydroxylation is 2. The van der Waals surface area contributed by atoms with Crippen molar-refractivity contribution in [1.29, 1.82) is 0 Å². The third-order valence-electron chi connectivity index (χ3n) is 7.81. The summed E-state index contributed by atoms with van der Waals surface area (Å²) in [5.41, 5.74) is 3.39. The van der Waals surface area contributed by atoms with Gasteiger partial charge in [-0.25, -0.2) is 0 Å². The summed E-state index contributed by atoms with van der Waals surface area (Å²) in [6, 6.07) is 5.92. The Kier molecular flexibility index (Phi) is 7.39. The molecular weight excluding hydrogens is 446 g/mol. The summed E-state index contributed by atoms with van der Waals surface area (Å²) >= 11 is 6.51. The number of carbonyl (C=O) groups is 1. The van der Waals surface area contributed by atoms with Crippen LogP contribution in [0.5, 0.6) is 0 Å². The SMILES string of the molecule is Cc1cccc(-c2nn(C)c(Cl)c2C(=O)NC2CCC3(CC2)CCN(CCC(C)(C)C)CC3)n1. The van der Waals surface area contributed by atoms with Crippen molar-refractivity contribution in [2.45, 2.75) is 78.7 Å². The molecule has 6 nitrogen and oxygen atoms in total. The van der Waals surface area contributed by atoms with Crippen molar-refractivity contribution < 1.29 is 4.79 Å². The molecule has 34 heavy (non-hydrogen) atoms. The average molecular weight is 486 g/mol. The first-order valence-corrected chi connectivity index (χ1v) is 13.1. The van der Waals surface area contributed by atoms with E-state index in [1.807, 2.05) is 25.1 Å². The number of aromatic nitrogens is 3. The molecule has 2 fully saturated rings. The monoisotopic (exact) mass is 485 g/mol. The molecule has 2 aromatic heterocycles. The van der Waals surface area contributed by atoms with Gasteiger partial charge >= 0.3 is 0 Å². The van der Waals surface area contributed by atoms with Crippen LogP contribution in [0.15, 0.2) is 18.2 Å². The zero-order valence-corrected chi connectivity index (χ0v) is 22.2. The molecule has 3 heterocycles. The Bertz CT molecular complexity index is 1010. The number of halogens is 1. The minimum atomic E-state index is -0.144. The van der Waals surface area contributed by atoms with Gasteiger partial charge in [0.25, 0.3) is 5.91 Å². The Morgan fingerprint density at radius 2 is 1.85 bits per heavy atom. The molecule has 1 spiro atoms. The first kappa shape index (κ1) is 25.2. The fraction of sp³-hybridized carbons (Fsp3) is 0.667. The lowest BCUT2D eigenvalue weighted by Gasteiger charge is -2.46. The topological polar surface area (TPSA) is 63.1 Å². The molecule has 0 radical (unpaired) electrons. The van der Waals surface area contributed by atoms with Crippen molar-refractivity contribution in [2.24, 2.45) is 17.9 Å². The minimum Gasteiger partial charge on any atom is -0.349 e. The highest BCUT2D eigenvalue weighted by atomic mass is 35.5. The molecule has 2 aromatic rings. The van der Waals surface area contributed by atoms with Gasteiger partial charge in [0.05, 0.1) is 5.69 Å². The van der Waals surface area contributed by atoms with Crippen LogP contribution < -0.4 is 5.32 Å². The van der Waals surface area contributed by atoms with Gasteiger partial charge in [-0.15, -0.1) is 0 Å². The maximum atomic E-state index is 13.3. The molecule has 0 unspecified atom stereocenters. The molecule has 1 N–H and O–H groups in total. The molecule has 1 saturated carbocycles. The zero-order chi connectivity index (χ0) is 24.5. The van der Waals surface area contributed by atoms with Crippen molar-refractivity contribution in [3.05, 3.63) is 34.6 Å². The summed E-state index contributed by atoms with van der Waals surface area (Å²) in [6.07, 6.45) is 8.28. The maximum absolute atomic E-state index is 13.3. The van der Waals surface area contributed by atoms with E-state index in [9.17, 15) is 4.79 Å². The van der Waals surface area contributed by atoms with E-state index in [0.29, 0.717) is 32.9 Å². The van der Waals surface area contributed by atoms with E-state index in [1.54, 1.807) is 11.7 Å². The van der Waals surface area contributed by atoms with Gasteiger partial charge in [0.2, 0.25) is 0 Å². The molecule has 0 atom stereocenters. The van der Waals surface area contributed by atoms with Crippen LogP contribution in [-0.2, 0) is 7.05 Å². The van der Waals surface area contributed by atoms with Gasteiger partial charge in [-0.3, -0.25) is 14.5 Å². The Hall–Kier alpha value is -1.92. The third kappa shape index (κ3) is 5.83. The summed E-state index contributed by atoms with van der Waals surface area (Å²) in [6.45, 7) is 12.5. The Morgan fingerprint density at radius 1 is 1.18 bits per heavy atom. The highest BCUT2D eigenvalue weighted by molar-refractivity contribution is 6.33. The lowest BCUT2D eigenvalue weighted by Crippen LogP contribution is -2.46. The second-order valence-electron chi connectivity index (χ2n) is 11.7. The quantitative estimate of drug-likeness (QED) is 0.595. The van der Waals surface area contributed by atoms with Crippen molar-refractivity contribution >= 4 is 17.5 Å². The first-order valence-electron chi connectivity index (χ1n) is 12.8. The van der Waals surface area contributed by atoms with Gasteiger partial charge in [0, 0.05) is 18.8 Å². The largest absolute Gasteiger partial charge is 0.349 e. The van der Waals surface area contributed by atoms with Crippen molar-refractivity contribution in [3.8, 4) is 11.4 Å². The fourth-order valence-electron chi connectivity index (χ4n) is 5.44. The molecule has 4 rings (SSSR count). The van der Waals surface area contributed by atoms with E-state index in [2.05, 4.69) is 41.1 Å². The van der Waals surface area contributed by atoms with Crippen molar-refractivity contribution in [3.63, 3.8) is 0 Å². The number of pyridine rings is 1. The smallest absolute Gasteiger partial charge is 0.256 e. The van der Waals surface area contributed by atoms with E-state index in [0.717, 1.165) is 18.5 Å². The first-order chi connectivity index (χ1) is 16.1. The minimum absolute atomic E-state index is 0.144. The number of amides is 1. The molecular formula is C27H40ClN5O. The molecule has 1 amide bonds. The van der Waals surface area contributed by atoms with Crippen molar-refractivity contribution in [1.82, 2.24) is 25.0 Å². The number of hydrogen-bond acceptors (Lipinski definition) is 4. The van der Waals surface area contributed by atoms with Crippen LogP contribution in [0.2, 0.25) is 5.15 Å². The van der Waals surface area contributed by atoms with Gasteiger partial charge in [0.1, 0.15) is 16.4 Å². The lowest BCUT2D eigenvalue weighted by molar-refractivity contribution is 0.0522. The molecule has 0 aromatic carbocycles. The molecule has 1 saturated heterocycles. The van der Waals surface area contributed by atoms with Crippen LogP contribution >= 0.6 is 11.6 Å². The second-order valence-corrected chi connectivity index (χ2v) is 12.1. The van der Waals surface area contributed by atoms with Crippen LogP contribution in [-0.4, -0.2) is 51.2 Å². The van der Waals surface area contributed by atoms with Crippen LogP contribution in [0.4, 0.5) is 0 Å². The van der Waals surface area contributed by atoms with Gasteiger partial charge < -0.3 is 10.2 Å². The highest BCUT2D eigenvalue weighted by Crippen LogP contribution is 2.45. The summed E-state index contributed by atoms with van der Waals surface area (Å²) in [4.78, 5) is 20.5. The van der Waals surface area contributed by atoms with Crippen molar-refractivity contribution in [2.75, 3.05) is 19.6 Å². The Balaban J connectivity index is 1.35. The lowest BCUT2D eigenvalue weighted by atomic mass is 9.67. The Labute approximate surface area is 209 Å². The average Bonchev–Trinajstić information content (AvgIpc) is 3.09. The highest BCUT2D eigenvalue weighted by Gasteiger charge is 2.38. The van der Waals surface area contributed by atoms with Gasteiger partial charge in [-0.05, 0) is 94.5 Å². The second kappa shape index (κ2) is 9.98. The molecule has 0 bridgehead atoms. The molecule has 1 aliphatic heterocycles. The predicted molar refractivity (Wildman–Crippen MR) is 138 cm³/mol. The maximum Gasteiger partial charge on any atom is 0.256 e. The standard InChI is InChI=1S/C27H40ClN5O/c1-19-7-6-8-21(29-19)23-22(24(28)32(5)31-23)25(34)30-20-9-11-27(12-10-20)14-17-33(18-15-27)16-13-26(2,3)4/h6-8,20H,9-18H2,1-5H3,(H,30,34). The molecule has 2 aliphatic rings. The summed E-state index contributed by atoms with van der Waals surface area (Å²) in [7, 11) is 1.76. The third-order valence-corrected chi connectivity index (χ3v) is 8.25. The van der Waals surface area contributed by atoms with E-state index >= 15 is 0 Å².